The predicted octanol–water partition coefficient (Wildman–Crippen LogP) is 3.36. The fourth-order valence-electron chi connectivity index (χ4n) is 2.89. The number of hydrogen-bond donors (Lipinski definition) is 0. The second-order valence-corrected chi connectivity index (χ2v) is 5.97. The number of rotatable bonds is 5. The normalized spacial score (nSPS) is 16.0. The first-order valence-electron chi connectivity index (χ1n) is 8.90. The number of fused-ring (bicyclic) bond motifs is 1. The minimum absolute atomic E-state index is 0.396. The Labute approximate surface area is 153 Å². The summed E-state index contributed by atoms with van der Waals surface area (Å²) in [7, 11) is 0. The minimum Gasteiger partial charge on any atom is -0.378 e. The smallest absolute Gasteiger partial charge is 0.159 e. The van der Waals surface area contributed by atoms with E-state index >= 15 is 0 Å². The van der Waals surface area contributed by atoms with Crippen LogP contribution in [0.2, 0.25) is 0 Å². The SMILES string of the molecule is C\C=C/C(=C\C=C\CC)c1cc2nc(C#N)cc(N3CCOCC3)n2n1. The van der Waals surface area contributed by atoms with E-state index in [9.17, 15) is 5.26 Å². The molecule has 2 aromatic rings. The summed E-state index contributed by atoms with van der Waals surface area (Å²) >= 11 is 0. The first-order chi connectivity index (χ1) is 12.8. The van der Waals surface area contributed by atoms with Crippen LogP contribution in [0.3, 0.4) is 0 Å². The van der Waals surface area contributed by atoms with Crippen LogP contribution in [0.15, 0.2) is 42.5 Å². The Morgan fingerprint density at radius 3 is 2.85 bits per heavy atom. The molecule has 6 heteroatoms. The van der Waals surface area contributed by atoms with Crippen molar-refractivity contribution in [2.24, 2.45) is 0 Å². The molecule has 1 aliphatic rings. The molecule has 0 aromatic carbocycles. The van der Waals surface area contributed by atoms with E-state index in [1.165, 1.54) is 0 Å². The van der Waals surface area contributed by atoms with Gasteiger partial charge in [0.15, 0.2) is 5.65 Å². The molecule has 2 aromatic heterocycles. The molecular formula is C20H23N5O. The quantitative estimate of drug-likeness (QED) is 0.774. The van der Waals surface area contributed by atoms with Crippen molar-refractivity contribution < 1.29 is 4.74 Å². The lowest BCUT2D eigenvalue weighted by molar-refractivity contribution is 0.122. The summed E-state index contributed by atoms with van der Waals surface area (Å²) in [5.74, 6) is 0.880. The van der Waals surface area contributed by atoms with Crippen molar-refractivity contribution in [3.63, 3.8) is 0 Å². The Morgan fingerprint density at radius 1 is 1.35 bits per heavy atom. The number of allylic oxidation sites excluding steroid dienone is 6. The Balaban J connectivity index is 2.10. The second kappa shape index (κ2) is 8.45. The van der Waals surface area contributed by atoms with E-state index in [-0.39, 0.29) is 0 Å². The van der Waals surface area contributed by atoms with Crippen molar-refractivity contribution in [1.29, 1.82) is 5.26 Å². The Kier molecular flexibility index (Phi) is 5.82. The molecule has 26 heavy (non-hydrogen) atoms. The van der Waals surface area contributed by atoms with Crippen LogP contribution in [0.25, 0.3) is 11.2 Å². The lowest BCUT2D eigenvalue weighted by Gasteiger charge is -2.28. The highest BCUT2D eigenvalue weighted by Crippen LogP contribution is 2.23. The largest absolute Gasteiger partial charge is 0.378 e. The molecule has 3 rings (SSSR count). The maximum Gasteiger partial charge on any atom is 0.159 e. The lowest BCUT2D eigenvalue weighted by Crippen LogP contribution is -2.37. The number of aromatic nitrogens is 3. The van der Waals surface area contributed by atoms with E-state index in [0.29, 0.717) is 24.6 Å². The molecule has 0 unspecified atom stereocenters. The van der Waals surface area contributed by atoms with E-state index in [1.807, 2.05) is 41.8 Å². The summed E-state index contributed by atoms with van der Waals surface area (Å²) in [6, 6.07) is 5.88. The number of morpholine rings is 1. The first kappa shape index (κ1) is 17.9. The van der Waals surface area contributed by atoms with Gasteiger partial charge in [-0.1, -0.05) is 37.3 Å². The monoisotopic (exact) mass is 349 g/mol. The van der Waals surface area contributed by atoms with Crippen LogP contribution in [-0.2, 0) is 4.74 Å². The molecule has 0 aliphatic carbocycles. The zero-order valence-corrected chi connectivity index (χ0v) is 15.2. The number of anilines is 1. The highest BCUT2D eigenvalue weighted by molar-refractivity contribution is 5.75. The van der Waals surface area contributed by atoms with E-state index in [0.717, 1.165) is 36.6 Å². The molecule has 0 spiro atoms. The molecule has 1 aliphatic heterocycles. The van der Waals surface area contributed by atoms with E-state index in [1.54, 1.807) is 6.07 Å². The Bertz CT molecular complexity index is 895. The molecule has 0 N–H and O–H groups in total. The maximum atomic E-state index is 9.35. The van der Waals surface area contributed by atoms with Crippen LogP contribution < -0.4 is 4.90 Å². The van der Waals surface area contributed by atoms with Gasteiger partial charge in [0.25, 0.3) is 0 Å². The molecule has 1 saturated heterocycles. The molecule has 0 bridgehead atoms. The van der Waals surface area contributed by atoms with Gasteiger partial charge in [0.2, 0.25) is 0 Å². The van der Waals surface area contributed by atoms with Gasteiger partial charge in [0.1, 0.15) is 17.6 Å². The standard InChI is InChI=1S/C20H23N5O/c1-3-5-6-8-16(7-4-2)18-14-19-22-17(15-21)13-20(25(19)23-18)24-9-11-26-12-10-24/h4-8,13-14H,3,9-12H2,1-2H3/b6-5+,7-4-,16-8+. The fraction of sp³-hybridized carbons (Fsp3) is 0.350. The van der Waals surface area contributed by atoms with Crippen molar-refractivity contribution in [3.8, 4) is 6.07 Å². The van der Waals surface area contributed by atoms with Crippen LogP contribution in [-0.4, -0.2) is 40.9 Å². The predicted molar refractivity (Wildman–Crippen MR) is 103 cm³/mol. The summed E-state index contributed by atoms with van der Waals surface area (Å²) in [5.41, 5.74) is 2.92. The van der Waals surface area contributed by atoms with Crippen molar-refractivity contribution in [1.82, 2.24) is 14.6 Å². The molecule has 0 atom stereocenters. The third-order valence-corrected chi connectivity index (χ3v) is 4.15. The van der Waals surface area contributed by atoms with Crippen molar-refractivity contribution in [3.05, 3.63) is 53.9 Å². The van der Waals surface area contributed by atoms with Gasteiger partial charge in [-0.05, 0) is 13.3 Å². The molecular weight excluding hydrogens is 326 g/mol. The molecule has 0 saturated carbocycles. The fourth-order valence-corrected chi connectivity index (χ4v) is 2.89. The maximum absolute atomic E-state index is 9.35. The summed E-state index contributed by atoms with van der Waals surface area (Å²) in [4.78, 5) is 6.61. The van der Waals surface area contributed by atoms with Crippen molar-refractivity contribution >= 4 is 17.0 Å². The zero-order chi connectivity index (χ0) is 18.4. The highest BCUT2D eigenvalue weighted by atomic mass is 16.5. The third-order valence-electron chi connectivity index (χ3n) is 4.15. The molecule has 134 valence electrons. The molecule has 6 nitrogen and oxygen atoms in total. The summed E-state index contributed by atoms with van der Waals surface area (Å²) in [6.45, 7) is 6.98. The first-order valence-corrected chi connectivity index (χ1v) is 8.90. The molecule has 1 fully saturated rings. The number of nitriles is 1. The topological polar surface area (TPSA) is 66.5 Å². The van der Waals surface area contributed by atoms with Crippen molar-refractivity contribution in [2.45, 2.75) is 20.3 Å². The van der Waals surface area contributed by atoms with E-state index in [4.69, 9.17) is 9.84 Å². The minimum atomic E-state index is 0.396. The third kappa shape index (κ3) is 3.84. The van der Waals surface area contributed by atoms with Crippen LogP contribution in [0, 0.1) is 11.3 Å². The number of ether oxygens (including phenoxy) is 1. The van der Waals surface area contributed by atoms with E-state index < -0.39 is 0 Å². The average molecular weight is 349 g/mol. The van der Waals surface area contributed by atoms with Crippen LogP contribution in [0.4, 0.5) is 5.82 Å². The summed E-state index contributed by atoms with van der Waals surface area (Å²) in [6.07, 6.45) is 11.2. The van der Waals surface area contributed by atoms with Crippen LogP contribution in [0.1, 0.15) is 31.7 Å². The summed E-state index contributed by atoms with van der Waals surface area (Å²) < 4.78 is 7.26. The van der Waals surface area contributed by atoms with Gasteiger partial charge in [-0.3, -0.25) is 0 Å². The average Bonchev–Trinajstić information content (AvgIpc) is 3.11. The highest BCUT2D eigenvalue weighted by Gasteiger charge is 2.18. The zero-order valence-electron chi connectivity index (χ0n) is 15.2. The van der Waals surface area contributed by atoms with Gasteiger partial charge >= 0.3 is 0 Å². The molecule has 0 radical (unpaired) electrons. The molecule has 3 heterocycles. The van der Waals surface area contributed by atoms with Gasteiger partial charge in [-0.2, -0.15) is 14.9 Å². The number of hydrogen-bond acceptors (Lipinski definition) is 5. The second-order valence-electron chi connectivity index (χ2n) is 5.97. The van der Waals surface area contributed by atoms with E-state index in [2.05, 4.69) is 29.0 Å². The van der Waals surface area contributed by atoms with Gasteiger partial charge in [0.05, 0.1) is 18.9 Å². The van der Waals surface area contributed by atoms with Gasteiger partial charge in [0, 0.05) is 30.8 Å². The van der Waals surface area contributed by atoms with Crippen LogP contribution in [0.5, 0.6) is 0 Å². The Hall–Kier alpha value is -2.91. The lowest BCUT2D eigenvalue weighted by atomic mass is 10.1. The van der Waals surface area contributed by atoms with Crippen molar-refractivity contribution in [2.75, 3.05) is 31.2 Å². The molecule has 0 amide bonds. The van der Waals surface area contributed by atoms with Gasteiger partial charge in [-0.15, -0.1) is 0 Å². The number of nitrogens with zero attached hydrogens (tertiary/aromatic N) is 5. The van der Waals surface area contributed by atoms with Gasteiger partial charge in [-0.25, -0.2) is 4.98 Å². The van der Waals surface area contributed by atoms with Crippen LogP contribution >= 0.6 is 0 Å². The van der Waals surface area contributed by atoms with Gasteiger partial charge < -0.3 is 9.64 Å². The Morgan fingerprint density at radius 2 is 2.15 bits per heavy atom. The summed E-state index contributed by atoms with van der Waals surface area (Å²) in [5, 5.41) is 14.1.